The van der Waals surface area contributed by atoms with Crippen LogP contribution in [0, 0.1) is 0 Å². The summed E-state index contributed by atoms with van der Waals surface area (Å²) in [5.74, 6) is -2.17. The summed E-state index contributed by atoms with van der Waals surface area (Å²) >= 11 is 0. The van der Waals surface area contributed by atoms with E-state index in [1.165, 1.54) is 4.90 Å². The van der Waals surface area contributed by atoms with Crippen molar-refractivity contribution in [1.82, 2.24) is 26.3 Å². The van der Waals surface area contributed by atoms with Crippen molar-refractivity contribution in [3.8, 4) is 0 Å². The van der Waals surface area contributed by atoms with E-state index < -0.39 is 47.8 Å². The van der Waals surface area contributed by atoms with E-state index in [1.807, 2.05) is 60.7 Å². The zero-order valence-electron chi connectivity index (χ0n) is 23.6. The summed E-state index contributed by atoms with van der Waals surface area (Å²) in [6, 6.07) is 15.1. The third-order valence-corrected chi connectivity index (χ3v) is 7.81. The Kier molecular flexibility index (Phi) is 11.0. The lowest BCUT2D eigenvalue weighted by Gasteiger charge is -2.32. The average Bonchev–Trinajstić information content (AvgIpc) is 3.50. The highest BCUT2D eigenvalue weighted by atomic mass is 16.5. The number of benzene rings is 2. The minimum Gasteiger partial charge on any atom is -0.343 e. The lowest BCUT2D eigenvalue weighted by atomic mass is 10.00. The predicted molar refractivity (Wildman–Crippen MR) is 154 cm³/mol. The molecule has 0 bridgehead atoms. The van der Waals surface area contributed by atoms with Gasteiger partial charge < -0.3 is 20.9 Å². The Bertz CT molecular complexity index is 1240. The maximum atomic E-state index is 13.9. The molecule has 2 saturated heterocycles. The molecule has 0 aliphatic carbocycles. The minimum absolute atomic E-state index is 0.141. The van der Waals surface area contributed by atoms with Gasteiger partial charge in [-0.05, 0) is 36.8 Å². The van der Waals surface area contributed by atoms with Crippen molar-refractivity contribution in [3.05, 3.63) is 71.8 Å². The Morgan fingerprint density at radius 3 is 1.98 bits per heavy atom. The topological polar surface area (TPSA) is 157 Å². The van der Waals surface area contributed by atoms with Crippen molar-refractivity contribution in [2.75, 3.05) is 6.54 Å². The first-order chi connectivity index (χ1) is 20.4. The molecule has 2 aliphatic heterocycles. The first-order valence-corrected chi connectivity index (χ1v) is 14.6. The molecule has 5 N–H and O–H groups in total. The highest BCUT2D eigenvalue weighted by molar-refractivity contribution is 5.98. The average molecular weight is 578 g/mol. The highest BCUT2D eigenvalue weighted by Crippen LogP contribution is 2.21. The molecule has 4 rings (SSSR count). The van der Waals surface area contributed by atoms with Crippen LogP contribution in [-0.2, 0) is 36.8 Å². The maximum absolute atomic E-state index is 13.9. The molecule has 5 amide bonds. The normalized spacial score (nSPS) is 23.1. The minimum atomic E-state index is -0.979. The van der Waals surface area contributed by atoms with E-state index in [-0.39, 0.29) is 31.6 Å². The van der Waals surface area contributed by atoms with E-state index >= 15 is 0 Å². The van der Waals surface area contributed by atoms with Crippen molar-refractivity contribution in [2.45, 2.75) is 82.0 Å². The third kappa shape index (κ3) is 8.39. The Labute approximate surface area is 245 Å². The summed E-state index contributed by atoms with van der Waals surface area (Å²) in [4.78, 5) is 67.5. The maximum Gasteiger partial charge on any atom is 0.246 e. The van der Waals surface area contributed by atoms with Gasteiger partial charge in [0.25, 0.3) is 0 Å². The Morgan fingerprint density at radius 2 is 1.33 bits per heavy atom. The summed E-state index contributed by atoms with van der Waals surface area (Å²) in [7, 11) is 0. The van der Waals surface area contributed by atoms with Crippen molar-refractivity contribution in [2.24, 2.45) is 0 Å². The standard InChI is InChI=1S/C31H39N5O6/c37-27(35-42)17-9-3-8-15-23-28(38)33-24(19-21-11-4-1-5-12-21)29(39)34-25(20-22-13-6-2-7-14-22)31(41)36-18-10-16-26(36)30(40)32-23/h1-2,4-7,11-14,23-26,42H,3,8-10,15-20H2,(H,32,40)(H,33,38)(H,34,39)(H,35,37)/t23-,24-,25-,26-/m0/s1. The second-order valence-corrected chi connectivity index (χ2v) is 10.9. The molecular weight excluding hydrogens is 538 g/mol. The van der Waals surface area contributed by atoms with E-state index in [2.05, 4.69) is 16.0 Å². The third-order valence-electron chi connectivity index (χ3n) is 7.81. The lowest BCUT2D eigenvalue weighted by Crippen LogP contribution is -2.61. The van der Waals surface area contributed by atoms with Crippen LogP contribution in [0.2, 0.25) is 0 Å². The number of hydrogen-bond donors (Lipinski definition) is 5. The van der Waals surface area contributed by atoms with Crippen LogP contribution in [0.4, 0.5) is 0 Å². The van der Waals surface area contributed by atoms with E-state index in [1.54, 1.807) is 5.48 Å². The van der Waals surface area contributed by atoms with E-state index in [9.17, 15) is 24.0 Å². The molecule has 2 aromatic rings. The van der Waals surface area contributed by atoms with Crippen LogP contribution in [0.3, 0.4) is 0 Å². The van der Waals surface area contributed by atoms with Crippen LogP contribution in [0.1, 0.15) is 56.1 Å². The highest BCUT2D eigenvalue weighted by Gasteiger charge is 2.40. The van der Waals surface area contributed by atoms with E-state index in [0.717, 1.165) is 11.1 Å². The van der Waals surface area contributed by atoms with Crippen LogP contribution < -0.4 is 21.4 Å². The monoisotopic (exact) mass is 577 g/mol. The number of carbonyl (C=O) groups is 5. The molecule has 2 fully saturated rings. The molecule has 42 heavy (non-hydrogen) atoms. The summed E-state index contributed by atoms with van der Waals surface area (Å²) in [5, 5.41) is 17.3. The molecular formula is C31H39N5O6. The number of fused-ring (bicyclic) bond motifs is 1. The number of carbonyl (C=O) groups excluding carboxylic acids is 5. The van der Waals surface area contributed by atoms with Gasteiger partial charge in [-0.3, -0.25) is 29.2 Å². The lowest BCUT2D eigenvalue weighted by molar-refractivity contribution is -0.143. The van der Waals surface area contributed by atoms with Crippen molar-refractivity contribution >= 4 is 29.5 Å². The number of amides is 5. The molecule has 224 valence electrons. The molecule has 0 spiro atoms. The fourth-order valence-corrected chi connectivity index (χ4v) is 5.56. The summed E-state index contributed by atoms with van der Waals surface area (Å²) in [6.07, 6.45) is 3.60. The van der Waals surface area contributed by atoms with Gasteiger partial charge in [-0.1, -0.05) is 73.5 Å². The first-order valence-electron chi connectivity index (χ1n) is 14.6. The van der Waals surface area contributed by atoms with Crippen LogP contribution in [0.15, 0.2) is 60.7 Å². The van der Waals surface area contributed by atoms with Crippen LogP contribution in [0.25, 0.3) is 0 Å². The molecule has 2 heterocycles. The van der Waals surface area contributed by atoms with Gasteiger partial charge >= 0.3 is 0 Å². The van der Waals surface area contributed by atoms with Crippen LogP contribution >= 0.6 is 0 Å². The van der Waals surface area contributed by atoms with Gasteiger partial charge in [0.05, 0.1) is 0 Å². The van der Waals surface area contributed by atoms with Gasteiger partial charge in [0.2, 0.25) is 29.5 Å². The van der Waals surface area contributed by atoms with E-state index in [4.69, 9.17) is 5.21 Å². The largest absolute Gasteiger partial charge is 0.343 e. The second-order valence-electron chi connectivity index (χ2n) is 10.9. The fraction of sp³-hybridized carbons (Fsp3) is 0.452. The quantitative estimate of drug-likeness (QED) is 0.163. The van der Waals surface area contributed by atoms with Crippen molar-refractivity contribution in [1.29, 1.82) is 0 Å². The van der Waals surface area contributed by atoms with Gasteiger partial charge in [-0.2, -0.15) is 0 Å². The Balaban J connectivity index is 1.59. The molecule has 11 nitrogen and oxygen atoms in total. The van der Waals surface area contributed by atoms with Crippen molar-refractivity contribution < 1.29 is 29.2 Å². The molecule has 0 aromatic heterocycles. The molecule has 2 aliphatic rings. The molecule has 4 atom stereocenters. The Hall–Kier alpha value is -4.25. The number of unbranched alkanes of at least 4 members (excludes halogenated alkanes) is 2. The molecule has 11 heteroatoms. The van der Waals surface area contributed by atoms with Crippen molar-refractivity contribution in [3.63, 3.8) is 0 Å². The van der Waals surface area contributed by atoms with Gasteiger partial charge in [0.15, 0.2) is 0 Å². The van der Waals surface area contributed by atoms with E-state index in [0.29, 0.717) is 38.6 Å². The summed E-state index contributed by atoms with van der Waals surface area (Å²) in [6.45, 7) is 0.384. The zero-order valence-corrected chi connectivity index (χ0v) is 23.6. The van der Waals surface area contributed by atoms with Crippen LogP contribution in [-0.4, -0.2) is 70.4 Å². The smallest absolute Gasteiger partial charge is 0.246 e. The zero-order chi connectivity index (χ0) is 29.9. The SMILES string of the molecule is O=C(CCCCC[C@@H]1NC(=O)[C@@H]2CCCN2C(=O)[C@H](Cc2ccccc2)NC(=O)[C@H](Cc2ccccc2)NC1=O)NO. The number of hydrogen-bond acceptors (Lipinski definition) is 6. The Morgan fingerprint density at radius 1 is 0.762 bits per heavy atom. The summed E-state index contributed by atoms with van der Waals surface area (Å²) < 4.78 is 0. The first kappa shape index (κ1) is 30.7. The number of nitrogens with one attached hydrogen (secondary N) is 4. The number of hydroxylamine groups is 1. The van der Waals surface area contributed by atoms with Gasteiger partial charge in [-0.15, -0.1) is 0 Å². The molecule has 0 radical (unpaired) electrons. The van der Waals surface area contributed by atoms with Gasteiger partial charge in [0.1, 0.15) is 24.2 Å². The van der Waals surface area contributed by atoms with Crippen LogP contribution in [0.5, 0.6) is 0 Å². The molecule has 0 saturated carbocycles. The summed E-state index contributed by atoms with van der Waals surface area (Å²) in [5.41, 5.74) is 3.29. The second kappa shape index (κ2) is 15.1. The number of rotatable bonds is 10. The molecule has 2 aromatic carbocycles. The molecule has 0 unspecified atom stereocenters. The fourth-order valence-electron chi connectivity index (χ4n) is 5.56. The van der Waals surface area contributed by atoms with Gasteiger partial charge in [-0.25, -0.2) is 5.48 Å². The predicted octanol–water partition coefficient (Wildman–Crippen LogP) is 1.39. The number of nitrogens with zero attached hydrogens (tertiary/aromatic N) is 1. The van der Waals surface area contributed by atoms with Gasteiger partial charge in [0, 0.05) is 25.8 Å².